The maximum absolute atomic E-state index is 12.0. The van der Waals surface area contributed by atoms with Gasteiger partial charge in [0.1, 0.15) is 0 Å². The van der Waals surface area contributed by atoms with Crippen molar-refractivity contribution in [1.82, 2.24) is 15.0 Å². The number of aromatic nitrogens is 1. The number of pyridine rings is 2. The van der Waals surface area contributed by atoms with Crippen LogP contribution in [0.15, 0.2) is 40.2 Å². The smallest absolute Gasteiger partial charge is 0.431 e. The predicted octanol–water partition coefficient (Wildman–Crippen LogP) is 0.0419. The summed E-state index contributed by atoms with van der Waals surface area (Å²) in [5.74, 6) is -0.731. The molecule has 0 spiro atoms. The third-order valence-electron chi connectivity index (χ3n) is 3.02. The van der Waals surface area contributed by atoms with Crippen LogP contribution in [0.4, 0.5) is 4.79 Å². The molecule has 23 heavy (non-hydrogen) atoms. The third kappa shape index (κ3) is 4.72. The van der Waals surface area contributed by atoms with E-state index in [-0.39, 0.29) is 11.5 Å². The van der Waals surface area contributed by atoms with E-state index in [4.69, 9.17) is 7.85 Å². The zero-order valence-electron chi connectivity index (χ0n) is 12.9. The first-order valence-electron chi connectivity index (χ1n) is 7.03. The van der Waals surface area contributed by atoms with Crippen LogP contribution in [0.5, 0.6) is 0 Å². The highest BCUT2D eigenvalue weighted by Crippen LogP contribution is 2.06. The summed E-state index contributed by atoms with van der Waals surface area (Å²) < 4.78 is 1.54. The van der Waals surface area contributed by atoms with Crippen LogP contribution in [0.1, 0.15) is 11.1 Å². The van der Waals surface area contributed by atoms with E-state index in [0.717, 1.165) is 16.6 Å². The number of rotatable bonds is 3. The minimum absolute atomic E-state index is 0.0591. The fraction of sp³-hybridized carbons (Fsp3) is 0.214. The van der Waals surface area contributed by atoms with Crippen molar-refractivity contribution in [1.29, 1.82) is 0 Å². The quantitative estimate of drug-likeness (QED) is 0.424. The highest BCUT2D eigenvalue weighted by atomic mass is 16.2. The normalized spacial score (nSPS) is 11.3. The summed E-state index contributed by atoms with van der Waals surface area (Å²) in [7, 11) is 4.05. The van der Waals surface area contributed by atoms with Crippen molar-refractivity contribution in [2.75, 3.05) is 0 Å². The Morgan fingerprint density at radius 1 is 1.43 bits per heavy atom. The molecule has 0 aliphatic rings. The zero-order valence-corrected chi connectivity index (χ0v) is 12.9. The molecule has 2 aromatic heterocycles. The highest BCUT2D eigenvalue weighted by Gasteiger charge is 2.06. The van der Waals surface area contributed by atoms with Gasteiger partial charge in [-0.05, 0) is 37.0 Å². The summed E-state index contributed by atoms with van der Waals surface area (Å²) in [5.41, 5.74) is 2.38. The van der Waals surface area contributed by atoms with E-state index in [1.165, 1.54) is 11.2 Å². The molecule has 0 aromatic carbocycles. The average molecular weight is 310 g/mol. The Morgan fingerprint density at radius 2 is 2.17 bits per heavy atom. The molecular weight excluding hydrogens is 294 g/mol. The minimum atomic E-state index is -0.994. The third-order valence-corrected chi connectivity index (χ3v) is 3.02. The molecule has 2 aromatic rings. The van der Waals surface area contributed by atoms with Crippen LogP contribution >= 0.6 is 0 Å². The second-order valence-corrected chi connectivity index (χ2v) is 5.16. The number of nitrogens with one attached hydrogen (secondary N) is 2. The Balaban J connectivity index is 2.21. The maximum Gasteiger partial charge on any atom is 0.431 e. The lowest BCUT2D eigenvalue weighted by Gasteiger charge is -2.12. The number of amides is 1. The Hall–Kier alpha value is -2.54. The van der Waals surface area contributed by atoms with Crippen LogP contribution in [-0.2, 0) is 6.54 Å². The Bertz CT molecular complexity index is 817. The standard InChI is InChI=1S/C14H16B2N4O3/c1-9-5-11-4-3-10(8-20(11)12(21)6-9)7-17-14(18-13(15)22)19-16(2)23/h3-6,8,23H,7H2,1-2H3,(H2,17,18,19,22). The van der Waals surface area contributed by atoms with Crippen LogP contribution in [0.25, 0.3) is 5.52 Å². The Kier molecular flexibility index (Phi) is 5.23. The van der Waals surface area contributed by atoms with Gasteiger partial charge in [0.2, 0.25) is 7.85 Å². The molecule has 0 saturated carbocycles. The van der Waals surface area contributed by atoms with Gasteiger partial charge in [0.25, 0.3) is 5.56 Å². The molecule has 0 bridgehead atoms. The van der Waals surface area contributed by atoms with E-state index in [0.29, 0.717) is 6.54 Å². The van der Waals surface area contributed by atoms with Crippen molar-refractivity contribution in [3.05, 3.63) is 51.9 Å². The molecule has 0 saturated heterocycles. The van der Waals surface area contributed by atoms with Gasteiger partial charge in [-0.1, -0.05) is 6.07 Å². The van der Waals surface area contributed by atoms with Crippen LogP contribution in [0.3, 0.4) is 0 Å². The molecule has 2 radical (unpaired) electrons. The fourth-order valence-electron chi connectivity index (χ4n) is 2.12. The average Bonchev–Trinajstić information content (AvgIpc) is 2.43. The largest absolute Gasteiger partial charge is 0.431 e. The molecule has 7 nitrogen and oxygen atoms in total. The van der Waals surface area contributed by atoms with E-state index >= 15 is 0 Å². The number of carbonyl (C=O) groups is 1. The van der Waals surface area contributed by atoms with E-state index in [9.17, 15) is 14.6 Å². The zero-order chi connectivity index (χ0) is 17.0. The van der Waals surface area contributed by atoms with Crippen molar-refractivity contribution in [2.24, 2.45) is 4.90 Å². The number of hydrogen-bond donors (Lipinski definition) is 3. The van der Waals surface area contributed by atoms with Crippen LogP contribution in [-0.4, -0.2) is 36.1 Å². The van der Waals surface area contributed by atoms with Crippen LogP contribution < -0.4 is 16.2 Å². The number of guanidine groups is 1. The van der Waals surface area contributed by atoms with Gasteiger partial charge in [-0.25, -0.2) is 0 Å². The second kappa shape index (κ2) is 7.15. The SMILES string of the molecule is [B]C(=O)NC(=NB(C)O)NCc1ccc2cc(C)cc(=O)n2c1. The first kappa shape index (κ1) is 16.8. The van der Waals surface area contributed by atoms with Gasteiger partial charge in [-0.15, -0.1) is 0 Å². The maximum atomic E-state index is 12.0. The van der Waals surface area contributed by atoms with Crippen molar-refractivity contribution in [3.63, 3.8) is 0 Å². The van der Waals surface area contributed by atoms with E-state index < -0.39 is 12.9 Å². The first-order valence-corrected chi connectivity index (χ1v) is 7.03. The van der Waals surface area contributed by atoms with Crippen molar-refractivity contribution in [2.45, 2.75) is 20.3 Å². The van der Waals surface area contributed by atoms with E-state index in [1.807, 2.05) is 25.1 Å². The van der Waals surface area contributed by atoms with Gasteiger partial charge in [-0.3, -0.25) is 18.9 Å². The molecule has 2 rings (SSSR count). The predicted molar refractivity (Wildman–Crippen MR) is 90.8 cm³/mol. The van der Waals surface area contributed by atoms with Crippen molar-refractivity contribution >= 4 is 32.2 Å². The Labute approximate surface area is 135 Å². The summed E-state index contributed by atoms with van der Waals surface area (Å²) >= 11 is 0. The lowest BCUT2D eigenvalue weighted by atomic mass is 9.91. The summed E-state index contributed by atoms with van der Waals surface area (Å²) in [4.78, 5) is 26.7. The lowest BCUT2D eigenvalue weighted by molar-refractivity contribution is 0.263. The molecular formula is C14H16B2N4O3. The monoisotopic (exact) mass is 310 g/mol. The van der Waals surface area contributed by atoms with Gasteiger partial charge in [-0.2, -0.15) is 0 Å². The van der Waals surface area contributed by atoms with Gasteiger partial charge in [0.15, 0.2) is 11.8 Å². The van der Waals surface area contributed by atoms with Crippen molar-refractivity contribution in [3.8, 4) is 0 Å². The van der Waals surface area contributed by atoms with Gasteiger partial charge >= 0.3 is 7.05 Å². The molecule has 0 aliphatic carbocycles. The molecule has 1 amide bonds. The summed E-state index contributed by atoms with van der Waals surface area (Å²) in [5, 5.41) is 14.4. The summed E-state index contributed by atoms with van der Waals surface area (Å²) in [6.45, 7) is 3.61. The second-order valence-electron chi connectivity index (χ2n) is 5.16. The molecule has 0 fully saturated rings. The lowest BCUT2D eigenvalue weighted by Crippen LogP contribution is -2.41. The number of carbonyl (C=O) groups excluding carboxylic acids is 1. The highest BCUT2D eigenvalue weighted by molar-refractivity contribution is 6.59. The molecule has 3 N–H and O–H groups in total. The van der Waals surface area contributed by atoms with Gasteiger partial charge in [0, 0.05) is 24.3 Å². The van der Waals surface area contributed by atoms with E-state index in [1.54, 1.807) is 12.3 Å². The van der Waals surface area contributed by atoms with Crippen LogP contribution in [0, 0.1) is 6.92 Å². The summed E-state index contributed by atoms with van der Waals surface area (Å²) in [6.07, 6.45) is 1.70. The first-order chi connectivity index (χ1) is 10.8. The number of nitrogens with zero attached hydrogens (tertiary/aromatic N) is 2. The van der Waals surface area contributed by atoms with Crippen LogP contribution in [0.2, 0.25) is 6.82 Å². The fourth-order valence-corrected chi connectivity index (χ4v) is 2.12. The molecule has 0 aliphatic heterocycles. The summed E-state index contributed by atoms with van der Waals surface area (Å²) in [6, 6.07) is 7.15. The van der Waals surface area contributed by atoms with Gasteiger partial charge in [0.05, 0.1) is 0 Å². The Morgan fingerprint density at radius 3 is 2.83 bits per heavy atom. The number of aryl methyl sites for hydroxylation is 1. The molecule has 116 valence electrons. The molecule has 9 heteroatoms. The number of hydrogen-bond acceptors (Lipinski definition) is 4. The minimum Gasteiger partial charge on any atom is -0.431 e. The number of fused-ring (bicyclic) bond motifs is 1. The van der Waals surface area contributed by atoms with Gasteiger partial charge < -0.3 is 15.7 Å². The molecule has 2 heterocycles. The topological polar surface area (TPSA) is 95.2 Å². The van der Waals surface area contributed by atoms with E-state index in [2.05, 4.69) is 15.5 Å². The van der Waals surface area contributed by atoms with Crippen molar-refractivity contribution < 1.29 is 9.82 Å². The molecule has 0 unspecified atom stereocenters. The molecule has 0 atom stereocenters.